The first-order valence-corrected chi connectivity index (χ1v) is 13.8. The van der Waals surface area contributed by atoms with Gasteiger partial charge in [0.2, 0.25) is 17.8 Å². The molecule has 212 valence electrons. The van der Waals surface area contributed by atoms with Gasteiger partial charge in [0.1, 0.15) is 18.8 Å². The summed E-state index contributed by atoms with van der Waals surface area (Å²) < 4.78 is 32.6. The lowest BCUT2D eigenvalue weighted by molar-refractivity contribution is -0.139. The van der Waals surface area contributed by atoms with Crippen molar-refractivity contribution in [3.05, 3.63) is 100.0 Å². The minimum absolute atomic E-state index is 0.178. The first kappa shape index (κ1) is 26.9. The third kappa shape index (κ3) is 4.92. The number of fused-ring (bicyclic) bond motifs is 1. The number of aromatic nitrogens is 3. The van der Waals surface area contributed by atoms with E-state index in [9.17, 15) is 18.8 Å². The van der Waals surface area contributed by atoms with Crippen molar-refractivity contribution in [3.8, 4) is 0 Å². The van der Waals surface area contributed by atoms with E-state index in [-0.39, 0.29) is 30.6 Å². The lowest BCUT2D eigenvalue weighted by Crippen LogP contribution is -2.48. The number of benzene rings is 2. The van der Waals surface area contributed by atoms with Gasteiger partial charge < -0.3 is 10.2 Å². The molecular formula is C31H31F2N5O3. The zero-order valence-electron chi connectivity index (χ0n) is 22.9. The smallest absolute Gasteiger partial charge is 0.329 e. The van der Waals surface area contributed by atoms with Crippen LogP contribution in [-0.2, 0) is 28.6 Å². The third-order valence-corrected chi connectivity index (χ3v) is 8.45. The zero-order chi connectivity index (χ0) is 28.9. The van der Waals surface area contributed by atoms with Crippen LogP contribution in [-0.4, -0.2) is 49.6 Å². The lowest BCUT2D eigenvalue weighted by atomic mass is 9.97. The van der Waals surface area contributed by atoms with Crippen LogP contribution in [0.3, 0.4) is 0 Å². The number of aryl methyl sites for hydroxylation is 1. The van der Waals surface area contributed by atoms with Gasteiger partial charge in [0.15, 0.2) is 0 Å². The van der Waals surface area contributed by atoms with Gasteiger partial charge in [0, 0.05) is 19.0 Å². The number of carbonyl (C=O) groups is 2. The molecule has 1 aliphatic carbocycles. The summed E-state index contributed by atoms with van der Waals surface area (Å²) in [5, 5.41) is 2.91. The second-order valence-electron chi connectivity index (χ2n) is 11.3. The number of imidazole rings is 1. The fourth-order valence-electron chi connectivity index (χ4n) is 5.78. The van der Waals surface area contributed by atoms with Gasteiger partial charge in [-0.2, -0.15) is 4.39 Å². The maximum absolute atomic E-state index is 15.1. The second-order valence-corrected chi connectivity index (χ2v) is 11.3. The molecule has 2 aromatic heterocycles. The van der Waals surface area contributed by atoms with Crippen LogP contribution in [0.2, 0.25) is 0 Å². The number of carbonyl (C=O) groups excluding carboxylic acids is 2. The minimum Gasteiger partial charge on any atom is -0.342 e. The van der Waals surface area contributed by atoms with E-state index in [1.54, 1.807) is 67.7 Å². The molecule has 2 aliphatic rings. The summed E-state index contributed by atoms with van der Waals surface area (Å²) in [5.74, 6) is -1.68. The quantitative estimate of drug-likeness (QED) is 0.349. The molecule has 10 heteroatoms. The van der Waals surface area contributed by atoms with E-state index in [0.29, 0.717) is 27.9 Å². The second kappa shape index (κ2) is 10.2. The van der Waals surface area contributed by atoms with Gasteiger partial charge in [-0.1, -0.05) is 55.5 Å². The van der Waals surface area contributed by atoms with E-state index in [1.807, 2.05) is 13.0 Å². The molecule has 0 radical (unpaired) electrons. The molecule has 41 heavy (non-hydrogen) atoms. The zero-order valence-corrected chi connectivity index (χ0v) is 22.9. The Morgan fingerprint density at radius 1 is 1.05 bits per heavy atom. The van der Waals surface area contributed by atoms with Crippen molar-refractivity contribution >= 4 is 22.8 Å². The molecular weight excluding hydrogens is 528 g/mol. The van der Waals surface area contributed by atoms with Crippen LogP contribution in [0.15, 0.2) is 71.5 Å². The standard InChI is InChI=1S/C31H31F2N5O3/c1-31(14-15-31)21-12-13-22(34-28(21)33)27(19-8-4-3-5-9-19)35-29(40)25-16-20(32)17-37(25)26(39)18-38-24-11-7-6-10-23(24)36(2)30(38)41/h3-13,20,25,27H,14-18H2,1-2H3,(H,35,40)/t20-,25+,27+/m1/s1. The highest BCUT2D eigenvalue weighted by Crippen LogP contribution is 2.48. The highest BCUT2D eigenvalue weighted by atomic mass is 19.1. The van der Waals surface area contributed by atoms with E-state index in [2.05, 4.69) is 10.3 Å². The SMILES string of the molecule is Cn1c(=O)n(CC(=O)N2C[C@H](F)C[C@H]2C(=O)N[C@@H](c2ccccc2)c2ccc(C3(C)CC3)c(F)n2)c2ccccc21. The van der Waals surface area contributed by atoms with Crippen LogP contribution < -0.4 is 11.0 Å². The molecule has 2 amide bonds. The molecule has 0 unspecified atom stereocenters. The Hall–Kier alpha value is -4.34. The largest absolute Gasteiger partial charge is 0.342 e. The highest BCUT2D eigenvalue weighted by Gasteiger charge is 2.43. The van der Waals surface area contributed by atoms with Crippen LogP contribution >= 0.6 is 0 Å². The average Bonchev–Trinajstić information content (AvgIpc) is 3.52. The summed E-state index contributed by atoms with van der Waals surface area (Å²) in [6.45, 7) is 1.41. The van der Waals surface area contributed by atoms with E-state index in [1.165, 1.54) is 14.0 Å². The topological polar surface area (TPSA) is 89.2 Å². The van der Waals surface area contributed by atoms with Crippen molar-refractivity contribution in [1.29, 1.82) is 0 Å². The van der Waals surface area contributed by atoms with E-state index >= 15 is 4.39 Å². The van der Waals surface area contributed by atoms with Crippen molar-refractivity contribution in [2.75, 3.05) is 6.54 Å². The molecule has 0 bridgehead atoms. The predicted octanol–water partition coefficient (Wildman–Crippen LogP) is 3.77. The van der Waals surface area contributed by atoms with Crippen molar-refractivity contribution in [2.45, 2.75) is 56.4 Å². The number of halogens is 2. The molecule has 1 aliphatic heterocycles. The molecule has 2 fully saturated rings. The van der Waals surface area contributed by atoms with Crippen LogP contribution in [0.25, 0.3) is 11.0 Å². The van der Waals surface area contributed by atoms with Crippen molar-refractivity contribution in [3.63, 3.8) is 0 Å². The molecule has 8 nitrogen and oxygen atoms in total. The summed E-state index contributed by atoms with van der Waals surface area (Å²) in [4.78, 5) is 45.4. The number of likely N-dealkylation sites (tertiary alicyclic amines) is 1. The van der Waals surface area contributed by atoms with Crippen LogP contribution in [0.5, 0.6) is 0 Å². The van der Waals surface area contributed by atoms with Crippen LogP contribution in [0.4, 0.5) is 8.78 Å². The Bertz CT molecular complexity index is 1700. The summed E-state index contributed by atoms with van der Waals surface area (Å²) >= 11 is 0. The Kier molecular flexibility index (Phi) is 6.71. The first-order valence-electron chi connectivity index (χ1n) is 13.8. The third-order valence-electron chi connectivity index (χ3n) is 8.45. The number of alkyl halides is 1. The number of para-hydroxylation sites is 2. The number of rotatable bonds is 7. The van der Waals surface area contributed by atoms with Gasteiger partial charge in [-0.15, -0.1) is 0 Å². The molecule has 3 atom stereocenters. The maximum atomic E-state index is 15.1. The fourth-order valence-corrected chi connectivity index (χ4v) is 5.78. The van der Waals surface area contributed by atoms with E-state index < -0.39 is 36.0 Å². The number of amides is 2. The molecule has 1 N–H and O–H groups in total. The van der Waals surface area contributed by atoms with Crippen LogP contribution in [0, 0.1) is 5.95 Å². The van der Waals surface area contributed by atoms with Gasteiger partial charge in [0.05, 0.1) is 29.3 Å². The summed E-state index contributed by atoms with van der Waals surface area (Å²) in [7, 11) is 1.62. The number of nitrogens with zero attached hydrogens (tertiary/aromatic N) is 4. The first-order chi connectivity index (χ1) is 19.7. The normalized spacial score (nSPS) is 20.2. The van der Waals surface area contributed by atoms with Gasteiger partial charge in [-0.05, 0) is 42.0 Å². The van der Waals surface area contributed by atoms with Gasteiger partial charge >= 0.3 is 5.69 Å². The Balaban J connectivity index is 1.27. The molecule has 3 heterocycles. The fraction of sp³-hybridized carbons (Fsp3) is 0.355. The summed E-state index contributed by atoms with van der Waals surface area (Å²) in [6.07, 6.45) is 0.209. The number of hydrogen-bond acceptors (Lipinski definition) is 4. The summed E-state index contributed by atoms with van der Waals surface area (Å²) in [6, 6.07) is 17.6. The van der Waals surface area contributed by atoms with Gasteiger partial charge in [-0.25, -0.2) is 14.2 Å². The number of pyridine rings is 1. The molecule has 1 saturated carbocycles. The molecule has 6 rings (SSSR count). The van der Waals surface area contributed by atoms with Crippen molar-refractivity contribution < 1.29 is 18.4 Å². The van der Waals surface area contributed by atoms with Gasteiger partial charge in [-0.3, -0.25) is 18.7 Å². The Labute approximate surface area is 235 Å². The highest BCUT2D eigenvalue weighted by molar-refractivity contribution is 5.89. The predicted molar refractivity (Wildman–Crippen MR) is 149 cm³/mol. The lowest BCUT2D eigenvalue weighted by Gasteiger charge is -2.27. The molecule has 4 aromatic rings. The summed E-state index contributed by atoms with van der Waals surface area (Å²) in [5.41, 5.74) is 2.18. The Morgan fingerprint density at radius 2 is 1.73 bits per heavy atom. The maximum Gasteiger partial charge on any atom is 0.329 e. The van der Waals surface area contributed by atoms with Crippen LogP contribution in [0.1, 0.15) is 49.0 Å². The minimum atomic E-state index is -1.40. The van der Waals surface area contributed by atoms with E-state index in [4.69, 9.17) is 0 Å². The number of nitrogens with one attached hydrogen (secondary N) is 1. The average molecular weight is 560 g/mol. The molecule has 1 saturated heterocycles. The number of hydrogen-bond donors (Lipinski definition) is 1. The molecule has 0 spiro atoms. The van der Waals surface area contributed by atoms with E-state index in [0.717, 1.165) is 12.8 Å². The van der Waals surface area contributed by atoms with Crippen molar-refractivity contribution in [1.82, 2.24) is 24.3 Å². The van der Waals surface area contributed by atoms with Crippen molar-refractivity contribution in [2.24, 2.45) is 7.05 Å². The monoisotopic (exact) mass is 559 g/mol. The Morgan fingerprint density at radius 3 is 2.41 bits per heavy atom. The van der Waals surface area contributed by atoms with Gasteiger partial charge in [0.25, 0.3) is 0 Å². The molecule has 2 aromatic carbocycles.